The van der Waals surface area contributed by atoms with Crippen molar-refractivity contribution in [2.45, 2.75) is 84.6 Å². The zero-order chi connectivity index (χ0) is 14.3. The summed E-state index contributed by atoms with van der Waals surface area (Å²) in [6, 6.07) is 2.12. The van der Waals surface area contributed by atoms with Crippen LogP contribution in [-0.4, -0.2) is 9.78 Å². The van der Waals surface area contributed by atoms with Crippen LogP contribution in [0.1, 0.15) is 77.8 Å². The Hall–Kier alpha value is -0.310. The maximum absolute atomic E-state index is 4.67. The summed E-state index contributed by atoms with van der Waals surface area (Å²) in [5.41, 5.74) is 1.45. The highest BCUT2D eigenvalue weighted by Gasteiger charge is 2.27. The van der Waals surface area contributed by atoms with E-state index in [0.29, 0.717) is 0 Å². The first kappa shape index (κ1) is 16.7. The highest BCUT2D eigenvalue weighted by molar-refractivity contribution is 9.10. The SMILES string of the molecule is CCCCCCC(C)(CCCC)n1nc(Br)cc1C. The smallest absolute Gasteiger partial charge is 0.128 e. The topological polar surface area (TPSA) is 17.8 Å². The minimum Gasteiger partial charge on any atom is -0.263 e. The molecule has 0 aromatic carbocycles. The summed E-state index contributed by atoms with van der Waals surface area (Å²) in [4.78, 5) is 0. The fourth-order valence-electron chi connectivity index (χ4n) is 2.81. The molecule has 0 aliphatic rings. The van der Waals surface area contributed by atoms with Crippen LogP contribution < -0.4 is 0 Å². The minimum atomic E-state index is 0.180. The van der Waals surface area contributed by atoms with Crippen LogP contribution in [0.4, 0.5) is 0 Å². The summed E-state index contributed by atoms with van der Waals surface area (Å²) < 4.78 is 3.21. The lowest BCUT2D eigenvalue weighted by Gasteiger charge is -2.32. The van der Waals surface area contributed by atoms with Gasteiger partial charge in [0.25, 0.3) is 0 Å². The van der Waals surface area contributed by atoms with Gasteiger partial charge in [0, 0.05) is 5.69 Å². The van der Waals surface area contributed by atoms with Gasteiger partial charge in [0.2, 0.25) is 0 Å². The van der Waals surface area contributed by atoms with Gasteiger partial charge in [-0.2, -0.15) is 5.10 Å². The van der Waals surface area contributed by atoms with Gasteiger partial charge in [0.1, 0.15) is 4.60 Å². The summed E-state index contributed by atoms with van der Waals surface area (Å²) in [5, 5.41) is 4.67. The van der Waals surface area contributed by atoms with E-state index < -0.39 is 0 Å². The van der Waals surface area contributed by atoms with E-state index in [4.69, 9.17) is 0 Å². The molecular weight excluding hydrogens is 300 g/mol. The number of rotatable bonds is 9. The Morgan fingerprint density at radius 3 is 2.26 bits per heavy atom. The fourth-order valence-corrected chi connectivity index (χ4v) is 3.30. The molecule has 110 valence electrons. The number of aryl methyl sites for hydroxylation is 1. The van der Waals surface area contributed by atoms with Gasteiger partial charge in [-0.05, 0) is 48.7 Å². The molecule has 1 aromatic rings. The molecule has 1 aromatic heterocycles. The predicted molar refractivity (Wildman–Crippen MR) is 86.6 cm³/mol. The third-order valence-electron chi connectivity index (χ3n) is 4.01. The average Bonchev–Trinajstić information content (AvgIpc) is 2.72. The number of hydrogen-bond donors (Lipinski definition) is 0. The van der Waals surface area contributed by atoms with Gasteiger partial charge in [-0.3, -0.25) is 4.68 Å². The van der Waals surface area contributed by atoms with Gasteiger partial charge in [0.05, 0.1) is 5.54 Å². The number of nitrogens with zero attached hydrogens (tertiary/aromatic N) is 2. The van der Waals surface area contributed by atoms with Crippen molar-refractivity contribution in [1.29, 1.82) is 0 Å². The molecule has 3 heteroatoms. The van der Waals surface area contributed by atoms with Crippen LogP contribution in [0.15, 0.2) is 10.7 Å². The summed E-state index contributed by atoms with van der Waals surface area (Å²) in [7, 11) is 0. The highest BCUT2D eigenvalue weighted by atomic mass is 79.9. The van der Waals surface area contributed by atoms with Gasteiger partial charge in [0.15, 0.2) is 0 Å². The molecular formula is C16H29BrN2. The van der Waals surface area contributed by atoms with Crippen LogP contribution in [0.25, 0.3) is 0 Å². The Balaban J connectivity index is 2.76. The minimum absolute atomic E-state index is 0.180. The van der Waals surface area contributed by atoms with Crippen LogP contribution >= 0.6 is 15.9 Å². The van der Waals surface area contributed by atoms with Gasteiger partial charge >= 0.3 is 0 Å². The fraction of sp³-hybridized carbons (Fsp3) is 0.812. The van der Waals surface area contributed by atoms with Gasteiger partial charge in [-0.25, -0.2) is 0 Å². The quantitative estimate of drug-likeness (QED) is 0.521. The summed E-state index contributed by atoms with van der Waals surface area (Å²) in [5.74, 6) is 0. The second-order valence-electron chi connectivity index (χ2n) is 5.93. The van der Waals surface area contributed by atoms with Crippen LogP contribution in [0, 0.1) is 6.92 Å². The lowest BCUT2D eigenvalue weighted by atomic mass is 9.88. The van der Waals surface area contributed by atoms with E-state index in [2.05, 4.69) is 59.5 Å². The Labute approximate surface area is 127 Å². The van der Waals surface area contributed by atoms with Gasteiger partial charge in [-0.1, -0.05) is 52.4 Å². The van der Waals surface area contributed by atoms with Crippen molar-refractivity contribution in [2.24, 2.45) is 0 Å². The first-order chi connectivity index (χ1) is 9.03. The highest BCUT2D eigenvalue weighted by Crippen LogP contribution is 2.31. The lowest BCUT2D eigenvalue weighted by molar-refractivity contribution is 0.224. The zero-order valence-corrected chi connectivity index (χ0v) is 14.6. The number of unbranched alkanes of at least 4 members (excludes halogenated alkanes) is 4. The molecule has 0 spiro atoms. The van der Waals surface area contributed by atoms with E-state index in [1.54, 1.807) is 0 Å². The third kappa shape index (κ3) is 4.94. The first-order valence-corrected chi connectivity index (χ1v) is 8.55. The summed E-state index contributed by atoms with van der Waals surface area (Å²) in [6.45, 7) is 9.07. The van der Waals surface area contributed by atoms with E-state index >= 15 is 0 Å². The van der Waals surface area contributed by atoms with E-state index in [0.717, 1.165) is 4.60 Å². The number of hydrogen-bond acceptors (Lipinski definition) is 1. The summed E-state index contributed by atoms with van der Waals surface area (Å²) >= 11 is 3.50. The molecule has 1 unspecified atom stereocenters. The molecule has 0 aliphatic heterocycles. The molecule has 2 nitrogen and oxygen atoms in total. The van der Waals surface area contributed by atoms with E-state index in [-0.39, 0.29) is 5.54 Å². The van der Waals surface area contributed by atoms with Crippen molar-refractivity contribution in [2.75, 3.05) is 0 Å². The standard InChI is InChI=1S/C16H29BrN2/c1-5-7-9-10-12-16(4,11-8-6-2)19-14(3)13-15(17)18-19/h13H,5-12H2,1-4H3. The van der Waals surface area contributed by atoms with Crippen molar-refractivity contribution in [3.63, 3.8) is 0 Å². The van der Waals surface area contributed by atoms with Crippen molar-refractivity contribution in [1.82, 2.24) is 9.78 Å². The molecule has 1 atom stereocenters. The maximum Gasteiger partial charge on any atom is 0.128 e. The molecule has 0 saturated carbocycles. The molecule has 0 aliphatic carbocycles. The van der Waals surface area contributed by atoms with E-state index in [1.165, 1.54) is 57.1 Å². The van der Waals surface area contributed by atoms with E-state index in [1.807, 2.05) is 0 Å². The van der Waals surface area contributed by atoms with Crippen LogP contribution in [0.2, 0.25) is 0 Å². The first-order valence-electron chi connectivity index (χ1n) is 7.76. The van der Waals surface area contributed by atoms with Gasteiger partial charge in [-0.15, -0.1) is 0 Å². The Morgan fingerprint density at radius 1 is 1.11 bits per heavy atom. The third-order valence-corrected chi connectivity index (χ3v) is 4.39. The Morgan fingerprint density at radius 2 is 1.74 bits per heavy atom. The second kappa shape index (κ2) is 8.08. The molecule has 0 amide bonds. The van der Waals surface area contributed by atoms with Crippen molar-refractivity contribution < 1.29 is 0 Å². The van der Waals surface area contributed by atoms with Crippen LogP contribution in [0.5, 0.6) is 0 Å². The Kier molecular flexibility index (Phi) is 7.12. The summed E-state index contributed by atoms with van der Waals surface area (Å²) in [6.07, 6.45) is 10.3. The molecule has 0 fully saturated rings. The average molecular weight is 329 g/mol. The molecule has 0 N–H and O–H groups in total. The predicted octanol–water partition coefficient (Wildman–Crippen LogP) is 5.83. The van der Waals surface area contributed by atoms with Crippen molar-refractivity contribution in [3.05, 3.63) is 16.4 Å². The van der Waals surface area contributed by atoms with E-state index in [9.17, 15) is 0 Å². The molecule has 19 heavy (non-hydrogen) atoms. The van der Waals surface area contributed by atoms with Gasteiger partial charge < -0.3 is 0 Å². The maximum atomic E-state index is 4.67. The lowest BCUT2D eigenvalue weighted by Crippen LogP contribution is -2.32. The molecule has 1 heterocycles. The molecule has 0 saturated heterocycles. The van der Waals surface area contributed by atoms with Crippen molar-refractivity contribution in [3.8, 4) is 0 Å². The van der Waals surface area contributed by atoms with Crippen LogP contribution in [-0.2, 0) is 5.54 Å². The Bertz CT molecular complexity index is 373. The molecule has 0 bridgehead atoms. The zero-order valence-electron chi connectivity index (χ0n) is 13.0. The van der Waals surface area contributed by atoms with Crippen LogP contribution in [0.3, 0.4) is 0 Å². The number of halogens is 1. The molecule has 0 radical (unpaired) electrons. The second-order valence-corrected chi connectivity index (χ2v) is 6.74. The normalized spacial score (nSPS) is 14.6. The number of aromatic nitrogens is 2. The van der Waals surface area contributed by atoms with Crippen molar-refractivity contribution >= 4 is 15.9 Å². The molecule has 1 rings (SSSR count). The monoisotopic (exact) mass is 328 g/mol. The largest absolute Gasteiger partial charge is 0.263 e.